The molecular formula is C12H19N5O. The van der Waals surface area contributed by atoms with Crippen LogP contribution in [-0.2, 0) is 0 Å². The lowest BCUT2D eigenvalue weighted by Gasteiger charge is -2.15. The fourth-order valence-corrected chi connectivity index (χ4v) is 2.21. The normalized spacial score (nSPS) is 16.9. The molecule has 1 aromatic rings. The van der Waals surface area contributed by atoms with Crippen molar-refractivity contribution < 1.29 is 4.79 Å². The van der Waals surface area contributed by atoms with Gasteiger partial charge in [-0.2, -0.15) is 0 Å². The first kappa shape index (κ1) is 12.8. The second-order valence-electron chi connectivity index (χ2n) is 4.61. The maximum absolute atomic E-state index is 12.0. The van der Waals surface area contributed by atoms with E-state index in [1.54, 1.807) is 12.1 Å². The molecule has 4 N–H and O–H groups in total. The standard InChI is InChI=1S/C12H19N5O/c13-15-11-8-7-10(16-17-11)12(18)14-9-5-3-1-2-4-6-9/h7-9H,1-6,13H2,(H,14,18)(H,15,17). The molecule has 0 aliphatic heterocycles. The van der Waals surface area contributed by atoms with E-state index in [0.717, 1.165) is 12.8 Å². The number of hydrazine groups is 1. The van der Waals surface area contributed by atoms with Crippen molar-refractivity contribution in [3.63, 3.8) is 0 Å². The Morgan fingerprint density at radius 1 is 1.17 bits per heavy atom. The van der Waals surface area contributed by atoms with Crippen LogP contribution in [0, 0.1) is 0 Å². The van der Waals surface area contributed by atoms with Gasteiger partial charge in [0.05, 0.1) is 0 Å². The zero-order valence-corrected chi connectivity index (χ0v) is 10.4. The second kappa shape index (κ2) is 6.30. The minimum atomic E-state index is -0.155. The molecule has 18 heavy (non-hydrogen) atoms. The zero-order chi connectivity index (χ0) is 12.8. The largest absolute Gasteiger partial charge is 0.348 e. The number of amides is 1. The van der Waals surface area contributed by atoms with Crippen molar-refractivity contribution in [2.75, 3.05) is 5.43 Å². The number of hydrogen-bond donors (Lipinski definition) is 3. The molecular weight excluding hydrogens is 230 g/mol. The summed E-state index contributed by atoms with van der Waals surface area (Å²) in [4.78, 5) is 12.0. The molecule has 1 aromatic heterocycles. The predicted molar refractivity (Wildman–Crippen MR) is 68.8 cm³/mol. The number of carbonyl (C=O) groups excluding carboxylic acids is 1. The van der Waals surface area contributed by atoms with Crippen LogP contribution in [0.2, 0.25) is 0 Å². The molecule has 0 saturated heterocycles. The average molecular weight is 249 g/mol. The Hall–Kier alpha value is -1.69. The van der Waals surface area contributed by atoms with Crippen LogP contribution in [-0.4, -0.2) is 22.1 Å². The van der Waals surface area contributed by atoms with Crippen LogP contribution in [0.1, 0.15) is 49.0 Å². The summed E-state index contributed by atoms with van der Waals surface area (Å²) in [5.74, 6) is 5.48. The Morgan fingerprint density at radius 3 is 2.44 bits per heavy atom. The van der Waals surface area contributed by atoms with Gasteiger partial charge in [0.2, 0.25) is 0 Å². The highest BCUT2D eigenvalue weighted by atomic mass is 16.2. The van der Waals surface area contributed by atoms with Gasteiger partial charge in [-0.1, -0.05) is 25.7 Å². The van der Waals surface area contributed by atoms with Crippen LogP contribution in [0.3, 0.4) is 0 Å². The predicted octanol–water partition coefficient (Wildman–Crippen LogP) is 1.21. The van der Waals surface area contributed by atoms with E-state index in [-0.39, 0.29) is 11.9 Å². The van der Waals surface area contributed by atoms with Crippen molar-refractivity contribution in [2.45, 2.75) is 44.6 Å². The highest BCUT2D eigenvalue weighted by molar-refractivity contribution is 5.92. The van der Waals surface area contributed by atoms with Crippen LogP contribution in [0.4, 0.5) is 5.82 Å². The van der Waals surface area contributed by atoms with Gasteiger partial charge in [0.15, 0.2) is 11.5 Å². The topological polar surface area (TPSA) is 92.9 Å². The molecule has 1 aliphatic rings. The van der Waals surface area contributed by atoms with Gasteiger partial charge in [0.1, 0.15) is 0 Å². The first-order chi connectivity index (χ1) is 8.79. The third-order valence-corrected chi connectivity index (χ3v) is 3.24. The van der Waals surface area contributed by atoms with Crippen LogP contribution in [0.15, 0.2) is 12.1 Å². The number of hydrogen-bond acceptors (Lipinski definition) is 5. The lowest BCUT2D eigenvalue weighted by Crippen LogP contribution is -2.35. The highest BCUT2D eigenvalue weighted by Gasteiger charge is 2.16. The molecule has 1 aliphatic carbocycles. The average Bonchev–Trinajstić information content (AvgIpc) is 2.67. The van der Waals surface area contributed by atoms with Gasteiger partial charge in [-0.05, 0) is 25.0 Å². The number of anilines is 1. The maximum atomic E-state index is 12.0. The monoisotopic (exact) mass is 249 g/mol. The first-order valence-electron chi connectivity index (χ1n) is 6.41. The van der Waals surface area contributed by atoms with Crippen molar-refractivity contribution in [2.24, 2.45) is 5.84 Å². The summed E-state index contributed by atoms with van der Waals surface area (Å²) in [5, 5.41) is 10.6. The highest BCUT2D eigenvalue weighted by Crippen LogP contribution is 2.17. The molecule has 1 saturated carbocycles. The van der Waals surface area contributed by atoms with Crippen molar-refractivity contribution >= 4 is 11.7 Å². The number of rotatable bonds is 3. The number of nitrogens with one attached hydrogen (secondary N) is 2. The van der Waals surface area contributed by atoms with Crippen LogP contribution < -0.4 is 16.6 Å². The van der Waals surface area contributed by atoms with E-state index < -0.39 is 0 Å². The second-order valence-corrected chi connectivity index (χ2v) is 4.61. The van der Waals surface area contributed by atoms with Crippen molar-refractivity contribution in [3.05, 3.63) is 17.8 Å². The Balaban J connectivity index is 1.93. The fraction of sp³-hybridized carbons (Fsp3) is 0.583. The summed E-state index contributed by atoms with van der Waals surface area (Å²) >= 11 is 0. The van der Waals surface area contributed by atoms with Crippen molar-refractivity contribution in [1.29, 1.82) is 0 Å². The molecule has 6 nitrogen and oxygen atoms in total. The number of carbonyl (C=O) groups is 1. The molecule has 0 unspecified atom stereocenters. The van der Waals surface area contributed by atoms with Crippen LogP contribution in [0.5, 0.6) is 0 Å². The third kappa shape index (κ3) is 3.40. The van der Waals surface area contributed by atoms with E-state index in [1.165, 1.54) is 25.7 Å². The minimum Gasteiger partial charge on any atom is -0.348 e. The first-order valence-corrected chi connectivity index (χ1v) is 6.41. The molecule has 0 spiro atoms. The van der Waals surface area contributed by atoms with Gasteiger partial charge >= 0.3 is 0 Å². The molecule has 0 aromatic carbocycles. The number of nitrogens with two attached hydrogens (primary N) is 1. The number of aromatic nitrogens is 2. The van der Waals surface area contributed by atoms with E-state index >= 15 is 0 Å². The van der Waals surface area contributed by atoms with E-state index in [4.69, 9.17) is 5.84 Å². The smallest absolute Gasteiger partial charge is 0.272 e. The maximum Gasteiger partial charge on any atom is 0.272 e. The van der Waals surface area contributed by atoms with E-state index in [9.17, 15) is 4.79 Å². The Morgan fingerprint density at radius 2 is 1.89 bits per heavy atom. The zero-order valence-electron chi connectivity index (χ0n) is 10.4. The molecule has 1 amide bonds. The van der Waals surface area contributed by atoms with Gasteiger partial charge in [-0.15, -0.1) is 10.2 Å². The SMILES string of the molecule is NNc1ccc(C(=O)NC2CCCCCC2)nn1. The summed E-state index contributed by atoms with van der Waals surface area (Å²) in [6.07, 6.45) is 7.02. The summed E-state index contributed by atoms with van der Waals surface area (Å²) in [5.41, 5.74) is 2.71. The molecule has 1 fully saturated rings. The van der Waals surface area contributed by atoms with Gasteiger partial charge in [0.25, 0.3) is 5.91 Å². The van der Waals surface area contributed by atoms with E-state index in [1.807, 2.05) is 0 Å². The summed E-state index contributed by atoms with van der Waals surface area (Å²) in [7, 11) is 0. The van der Waals surface area contributed by atoms with Gasteiger partial charge in [0, 0.05) is 6.04 Å². The van der Waals surface area contributed by atoms with Gasteiger partial charge < -0.3 is 10.7 Å². The van der Waals surface area contributed by atoms with E-state index in [0.29, 0.717) is 11.5 Å². The van der Waals surface area contributed by atoms with Crippen molar-refractivity contribution in [3.8, 4) is 0 Å². The molecule has 0 bridgehead atoms. The molecule has 1 heterocycles. The molecule has 0 atom stereocenters. The van der Waals surface area contributed by atoms with Crippen LogP contribution in [0.25, 0.3) is 0 Å². The third-order valence-electron chi connectivity index (χ3n) is 3.24. The lowest BCUT2D eigenvalue weighted by atomic mass is 10.1. The summed E-state index contributed by atoms with van der Waals surface area (Å²) in [6, 6.07) is 3.53. The molecule has 2 rings (SSSR count). The molecule has 6 heteroatoms. The molecule has 0 radical (unpaired) electrons. The Bertz CT molecular complexity index is 384. The number of nitrogen functional groups attached to an aromatic ring is 1. The van der Waals surface area contributed by atoms with Gasteiger partial charge in [-0.25, -0.2) is 5.84 Å². The minimum absolute atomic E-state index is 0.155. The summed E-state index contributed by atoms with van der Waals surface area (Å²) < 4.78 is 0. The lowest BCUT2D eigenvalue weighted by molar-refractivity contribution is 0.0927. The quantitative estimate of drug-likeness (QED) is 0.425. The van der Waals surface area contributed by atoms with Crippen molar-refractivity contribution in [1.82, 2.24) is 15.5 Å². The van der Waals surface area contributed by atoms with E-state index in [2.05, 4.69) is 20.9 Å². The Kier molecular flexibility index (Phi) is 4.46. The summed E-state index contributed by atoms with van der Waals surface area (Å²) in [6.45, 7) is 0. The molecule has 98 valence electrons. The number of nitrogens with zero attached hydrogens (tertiary/aromatic N) is 2. The Labute approximate surface area is 106 Å². The van der Waals surface area contributed by atoms with Crippen LogP contribution >= 0.6 is 0 Å². The van der Waals surface area contributed by atoms with Gasteiger partial charge in [-0.3, -0.25) is 4.79 Å². The fourth-order valence-electron chi connectivity index (χ4n) is 2.21.